The number of nitrogens with zero attached hydrogens (tertiary/aromatic N) is 1. The largest absolute Gasteiger partial charge is 0.489 e. The van der Waals surface area contributed by atoms with Gasteiger partial charge < -0.3 is 9.30 Å². The summed E-state index contributed by atoms with van der Waals surface area (Å²) >= 11 is 6.00. The molecule has 0 saturated heterocycles. The van der Waals surface area contributed by atoms with Crippen LogP contribution in [0.1, 0.15) is 31.0 Å². The third-order valence-corrected chi connectivity index (χ3v) is 4.05. The maximum absolute atomic E-state index is 6.00. The van der Waals surface area contributed by atoms with Gasteiger partial charge in [-0.05, 0) is 51.1 Å². The van der Waals surface area contributed by atoms with E-state index in [1.165, 1.54) is 22.0 Å². The average Bonchev–Trinajstić information content (AvgIpc) is 2.83. The molecule has 0 N–H and O–H groups in total. The summed E-state index contributed by atoms with van der Waals surface area (Å²) in [5.74, 6) is 0.797. The molecule has 0 saturated carbocycles. The van der Waals surface area contributed by atoms with E-state index in [0.29, 0.717) is 17.7 Å². The van der Waals surface area contributed by atoms with Gasteiger partial charge >= 0.3 is 0 Å². The highest BCUT2D eigenvalue weighted by Crippen LogP contribution is 2.27. The number of hydrogen-bond acceptors (Lipinski definition) is 1. The van der Waals surface area contributed by atoms with Crippen LogP contribution in [0, 0.1) is 6.92 Å². The molecule has 2 nitrogen and oxygen atoms in total. The summed E-state index contributed by atoms with van der Waals surface area (Å²) in [7, 11) is 0. The second kappa shape index (κ2) is 6.05. The predicted molar refractivity (Wildman–Crippen MR) is 92.8 cm³/mol. The van der Waals surface area contributed by atoms with E-state index >= 15 is 0 Å². The van der Waals surface area contributed by atoms with Crippen molar-refractivity contribution in [2.75, 3.05) is 0 Å². The van der Waals surface area contributed by atoms with Crippen molar-refractivity contribution in [1.29, 1.82) is 0 Å². The lowest BCUT2D eigenvalue weighted by Crippen LogP contribution is -1.98. The molecule has 3 heteroatoms. The van der Waals surface area contributed by atoms with Crippen molar-refractivity contribution in [3.8, 4) is 5.75 Å². The molecule has 0 aliphatic carbocycles. The van der Waals surface area contributed by atoms with E-state index < -0.39 is 0 Å². The Morgan fingerprint density at radius 2 is 1.95 bits per heavy atom. The summed E-state index contributed by atoms with van der Waals surface area (Å²) in [6, 6.07) is 14.5. The highest BCUT2D eigenvalue weighted by atomic mass is 35.5. The number of halogens is 1. The van der Waals surface area contributed by atoms with Gasteiger partial charge in [0.05, 0.1) is 0 Å². The highest BCUT2D eigenvalue weighted by molar-refractivity contribution is 6.30. The van der Waals surface area contributed by atoms with E-state index in [9.17, 15) is 0 Å². The van der Waals surface area contributed by atoms with Crippen LogP contribution in [0.2, 0.25) is 5.02 Å². The van der Waals surface area contributed by atoms with Crippen LogP contribution in [-0.2, 0) is 6.61 Å². The van der Waals surface area contributed by atoms with Gasteiger partial charge in [0.15, 0.2) is 0 Å². The number of ether oxygens (including phenoxy) is 1. The van der Waals surface area contributed by atoms with Crippen LogP contribution < -0.4 is 4.74 Å². The molecule has 0 bridgehead atoms. The fourth-order valence-electron chi connectivity index (χ4n) is 2.70. The molecule has 0 aliphatic rings. The molecule has 0 spiro atoms. The zero-order valence-electron chi connectivity index (χ0n) is 13.1. The smallest absolute Gasteiger partial charge is 0.121 e. The molecule has 3 rings (SSSR count). The van der Waals surface area contributed by atoms with Gasteiger partial charge in [0.2, 0.25) is 0 Å². The standard InChI is InChI=1S/C19H20ClNO/c1-13(2)21-11-15(18-9-14(3)7-8-19(18)21)12-22-17-6-4-5-16(20)10-17/h4-11,13H,12H2,1-3H3. The maximum Gasteiger partial charge on any atom is 0.121 e. The monoisotopic (exact) mass is 313 g/mol. The lowest BCUT2D eigenvalue weighted by atomic mass is 10.1. The zero-order valence-corrected chi connectivity index (χ0v) is 13.9. The Kier molecular flexibility index (Phi) is 4.12. The fourth-order valence-corrected chi connectivity index (χ4v) is 2.88. The molecule has 0 aliphatic heterocycles. The first-order valence-corrected chi connectivity index (χ1v) is 7.91. The van der Waals surface area contributed by atoms with Gasteiger partial charge in [0.25, 0.3) is 0 Å². The van der Waals surface area contributed by atoms with Crippen LogP contribution in [-0.4, -0.2) is 4.57 Å². The number of benzene rings is 2. The first-order chi connectivity index (χ1) is 10.5. The first kappa shape index (κ1) is 15.0. The Morgan fingerprint density at radius 3 is 2.68 bits per heavy atom. The molecule has 3 aromatic rings. The zero-order chi connectivity index (χ0) is 15.7. The van der Waals surface area contributed by atoms with Crippen LogP contribution in [0.4, 0.5) is 0 Å². The van der Waals surface area contributed by atoms with Crippen LogP contribution in [0.15, 0.2) is 48.7 Å². The molecule has 1 heterocycles. The summed E-state index contributed by atoms with van der Waals surface area (Å²) in [5.41, 5.74) is 3.72. The van der Waals surface area contributed by atoms with E-state index in [1.54, 1.807) is 0 Å². The number of hydrogen-bond donors (Lipinski definition) is 0. The van der Waals surface area contributed by atoms with E-state index in [0.717, 1.165) is 5.75 Å². The van der Waals surface area contributed by atoms with Crippen molar-refractivity contribution in [2.45, 2.75) is 33.4 Å². The Balaban J connectivity index is 1.94. The van der Waals surface area contributed by atoms with Gasteiger partial charge in [0.1, 0.15) is 12.4 Å². The molecule has 0 radical (unpaired) electrons. The summed E-state index contributed by atoms with van der Waals surface area (Å²) in [5, 5.41) is 1.95. The summed E-state index contributed by atoms with van der Waals surface area (Å²) in [6.07, 6.45) is 2.19. The lowest BCUT2D eigenvalue weighted by Gasteiger charge is -2.08. The van der Waals surface area contributed by atoms with Crippen molar-refractivity contribution < 1.29 is 4.74 Å². The van der Waals surface area contributed by atoms with E-state index in [4.69, 9.17) is 16.3 Å². The fraction of sp³-hybridized carbons (Fsp3) is 0.263. The molecule has 2 aromatic carbocycles. The second-order valence-corrected chi connectivity index (χ2v) is 6.36. The molecule has 22 heavy (non-hydrogen) atoms. The Labute approximate surface area is 136 Å². The molecule has 0 unspecified atom stereocenters. The van der Waals surface area contributed by atoms with Gasteiger partial charge in [-0.1, -0.05) is 29.3 Å². The normalized spacial score (nSPS) is 11.3. The average molecular weight is 314 g/mol. The van der Waals surface area contributed by atoms with Crippen molar-refractivity contribution in [3.05, 3.63) is 64.8 Å². The Bertz CT molecular complexity index is 804. The molecular weight excluding hydrogens is 294 g/mol. The van der Waals surface area contributed by atoms with Gasteiger partial charge in [-0.25, -0.2) is 0 Å². The molecule has 1 aromatic heterocycles. The molecular formula is C19H20ClNO. The number of fused-ring (bicyclic) bond motifs is 1. The van der Waals surface area contributed by atoms with Crippen molar-refractivity contribution in [3.63, 3.8) is 0 Å². The summed E-state index contributed by atoms with van der Waals surface area (Å²) in [4.78, 5) is 0. The van der Waals surface area contributed by atoms with E-state index in [1.807, 2.05) is 24.3 Å². The van der Waals surface area contributed by atoms with E-state index in [-0.39, 0.29) is 0 Å². The van der Waals surface area contributed by atoms with Crippen molar-refractivity contribution in [1.82, 2.24) is 4.57 Å². The number of rotatable bonds is 4. The third kappa shape index (κ3) is 2.97. The SMILES string of the molecule is Cc1ccc2c(c1)c(COc1cccc(Cl)c1)cn2C(C)C. The lowest BCUT2D eigenvalue weighted by molar-refractivity contribution is 0.307. The summed E-state index contributed by atoms with van der Waals surface area (Å²) in [6.45, 7) is 7.05. The van der Waals surface area contributed by atoms with Crippen LogP contribution >= 0.6 is 11.6 Å². The van der Waals surface area contributed by atoms with Gasteiger partial charge in [0, 0.05) is 33.7 Å². The Hall–Kier alpha value is -1.93. The maximum atomic E-state index is 6.00. The second-order valence-electron chi connectivity index (χ2n) is 5.92. The number of aromatic nitrogens is 1. The molecule has 0 fully saturated rings. The minimum atomic E-state index is 0.421. The molecule has 0 atom stereocenters. The molecule has 114 valence electrons. The summed E-state index contributed by atoms with van der Waals surface area (Å²) < 4.78 is 8.21. The minimum absolute atomic E-state index is 0.421. The minimum Gasteiger partial charge on any atom is -0.489 e. The Morgan fingerprint density at radius 1 is 1.14 bits per heavy atom. The van der Waals surface area contributed by atoms with Crippen molar-refractivity contribution in [2.24, 2.45) is 0 Å². The van der Waals surface area contributed by atoms with Crippen LogP contribution in [0.25, 0.3) is 10.9 Å². The first-order valence-electron chi connectivity index (χ1n) is 7.53. The van der Waals surface area contributed by atoms with Gasteiger partial charge in [-0.15, -0.1) is 0 Å². The topological polar surface area (TPSA) is 14.2 Å². The van der Waals surface area contributed by atoms with Gasteiger partial charge in [-0.2, -0.15) is 0 Å². The predicted octanol–water partition coefficient (Wildman–Crippen LogP) is 5.76. The quantitative estimate of drug-likeness (QED) is 0.597. The van der Waals surface area contributed by atoms with Crippen molar-refractivity contribution >= 4 is 22.5 Å². The van der Waals surface area contributed by atoms with Crippen LogP contribution in [0.5, 0.6) is 5.75 Å². The van der Waals surface area contributed by atoms with Crippen LogP contribution in [0.3, 0.4) is 0 Å². The van der Waals surface area contributed by atoms with E-state index in [2.05, 4.69) is 49.7 Å². The third-order valence-electron chi connectivity index (χ3n) is 3.82. The number of aryl methyl sites for hydroxylation is 1. The van der Waals surface area contributed by atoms with Gasteiger partial charge in [-0.3, -0.25) is 0 Å². The highest BCUT2D eigenvalue weighted by Gasteiger charge is 2.11. The molecule has 0 amide bonds.